The van der Waals surface area contributed by atoms with E-state index in [-0.39, 0.29) is 0 Å². The van der Waals surface area contributed by atoms with Crippen LogP contribution in [0.4, 0.5) is 0 Å². The van der Waals surface area contributed by atoms with Crippen molar-refractivity contribution in [2.45, 2.75) is 65.0 Å². The lowest BCUT2D eigenvalue weighted by atomic mass is 10.0. The summed E-state index contributed by atoms with van der Waals surface area (Å²) in [4.78, 5) is 0. The van der Waals surface area contributed by atoms with Gasteiger partial charge >= 0.3 is 0 Å². The zero-order valence-corrected chi connectivity index (χ0v) is 12.1. The molecule has 0 bridgehead atoms. The Labute approximate surface area is 112 Å². The molecule has 100 valence electrons. The molecule has 1 heteroatoms. The second kappa shape index (κ2) is 6.38. The van der Waals surface area contributed by atoms with Gasteiger partial charge in [-0.25, -0.2) is 0 Å². The maximum absolute atomic E-state index is 3.78. The first-order valence-electron chi connectivity index (χ1n) is 7.54. The van der Waals surface area contributed by atoms with E-state index in [9.17, 15) is 0 Å². The van der Waals surface area contributed by atoms with Gasteiger partial charge in [-0.1, -0.05) is 44.5 Å². The van der Waals surface area contributed by atoms with Crippen LogP contribution in [0.3, 0.4) is 0 Å². The molecule has 0 aliphatic heterocycles. The molecule has 18 heavy (non-hydrogen) atoms. The summed E-state index contributed by atoms with van der Waals surface area (Å²) < 4.78 is 0. The van der Waals surface area contributed by atoms with Crippen LogP contribution in [-0.2, 0) is 6.42 Å². The second-order valence-electron chi connectivity index (χ2n) is 6.00. The van der Waals surface area contributed by atoms with Crippen molar-refractivity contribution in [3.05, 3.63) is 35.4 Å². The van der Waals surface area contributed by atoms with Crippen LogP contribution in [0.25, 0.3) is 0 Å². The number of aryl methyl sites for hydroxylation is 1. The minimum Gasteiger partial charge on any atom is -0.307 e. The molecule has 2 rings (SSSR count). The summed E-state index contributed by atoms with van der Waals surface area (Å²) in [6.45, 7) is 6.89. The van der Waals surface area contributed by atoms with Crippen molar-refractivity contribution in [2.24, 2.45) is 5.92 Å². The third kappa shape index (κ3) is 3.58. The first kappa shape index (κ1) is 13.6. The van der Waals surface area contributed by atoms with Gasteiger partial charge in [0, 0.05) is 12.1 Å². The van der Waals surface area contributed by atoms with Crippen LogP contribution in [-0.4, -0.2) is 6.04 Å². The number of nitrogens with one attached hydrogen (secondary N) is 1. The van der Waals surface area contributed by atoms with E-state index < -0.39 is 0 Å². The Morgan fingerprint density at radius 1 is 1.22 bits per heavy atom. The smallest absolute Gasteiger partial charge is 0.0294 e. The van der Waals surface area contributed by atoms with Gasteiger partial charge in [-0.05, 0) is 49.7 Å². The molecule has 3 atom stereocenters. The van der Waals surface area contributed by atoms with Gasteiger partial charge in [0.25, 0.3) is 0 Å². The van der Waals surface area contributed by atoms with Crippen molar-refractivity contribution in [3.63, 3.8) is 0 Å². The third-order valence-electron chi connectivity index (χ3n) is 4.20. The SMILES string of the molecule is CCCc1ccc(C(C)NC2CCC(C)C2)cc1. The Balaban J connectivity index is 1.90. The van der Waals surface area contributed by atoms with Crippen LogP contribution in [0.15, 0.2) is 24.3 Å². The molecule has 0 aromatic heterocycles. The van der Waals surface area contributed by atoms with Crippen LogP contribution in [0.5, 0.6) is 0 Å². The molecule has 1 nitrogen and oxygen atoms in total. The monoisotopic (exact) mass is 245 g/mol. The van der Waals surface area contributed by atoms with Crippen LogP contribution >= 0.6 is 0 Å². The molecule has 0 heterocycles. The predicted molar refractivity (Wildman–Crippen MR) is 78.8 cm³/mol. The normalized spacial score (nSPS) is 25.3. The molecule has 1 aliphatic rings. The van der Waals surface area contributed by atoms with Gasteiger partial charge in [0.2, 0.25) is 0 Å². The average Bonchev–Trinajstić information content (AvgIpc) is 2.76. The number of benzene rings is 1. The molecule has 1 aromatic carbocycles. The average molecular weight is 245 g/mol. The quantitative estimate of drug-likeness (QED) is 0.806. The van der Waals surface area contributed by atoms with E-state index in [4.69, 9.17) is 0 Å². The highest BCUT2D eigenvalue weighted by Crippen LogP contribution is 2.27. The van der Waals surface area contributed by atoms with E-state index in [2.05, 4.69) is 50.4 Å². The first-order chi connectivity index (χ1) is 8.69. The molecular formula is C17H27N. The van der Waals surface area contributed by atoms with Crippen molar-refractivity contribution < 1.29 is 0 Å². The Hall–Kier alpha value is -0.820. The zero-order valence-electron chi connectivity index (χ0n) is 12.1. The highest BCUT2D eigenvalue weighted by molar-refractivity contribution is 5.24. The van der Waals surface area contributed by atoms with Gasteiger partial charge in [0.15, 0.2) is 0 Å². The van der Waals surface area contributed by atoms with Crippen molar-refractivity contribution in [3.8, 4) is 0 Å². The summed E-state index contributed by atoms with van der Waals surface area (Å²) in [6, 6.07) is 10.4. The maximum Gasteiger partial charge on any atom is 0.0294 e. The lowest BCUT2D eigenvalue weighted by Crippen LogP contribution is -2.29. The largest absolute Gasteiger partial charge is 0.307 e. The fourth-order valence-corrected chi connectivity index (χ4v) is 3.07. The van der Waals surface area contributed by atoms with Gasteiger partial charge in [-0.3, -0.25) is 0 Å². The Bertz CT molecular complexity index is 354. The summed E-state index contributed by atoms with van der Waals surface area (Å²) in [5.74, 6) is 0.904. The minimum atomic E-state index is 0.482. The topological polar surface area (TPSA) is 12.0 Å². The molecule has 0 radical (unpaired) electrons. The molecule has 0 spiro atoms. The van der Waals surface area contributed by atoms with Crippen LogP contribution in [0, 0.1) is 5.92 Å². The minimum absolute atomic E-state index is 0.482. The fourth-order valence-electron chi connectivity index (χ4n) is 3.07. The summed E-state index contributed by atoms with van der Waals surface area (Å²) in [5, 5.41) is 3.78. The van der Waals surface area contributed by atoms with E-state index in [1.807, 2.05) is 0 Å². The van der Waals surface area contributed by atoms with Gasteiger partial charge in [0.1, 0.15) is 0 Å². The first-order valence-corrected chi connectivity index (χ1v) is 7.54. The molecule has 1 fully saturated rings. The molecule has 0 saturated heterocycles. The Kier molecular flexibility index (Phi) is 4.82. The second-order valence-corrected chi connectivity index (χ2v) is 6.00. The van der Waals surface area contributed by atoms with Crippen LogP contribution in [0.1, 0.15) is 63.6 Å². The number of hydrogen-bond donors (Lipinski definition) is 1. The molecule has 3 unspecified atom stereocenters. The Morgan fingerprint density at radius 2 is 1.94 bits per heavy atom. The zero-order chi connectivity index (χ0) is 13.0. The number of hydrogen-bond acceptors (Lipinski definition) is 1. The fraction of sp³-hybridized carbons (Fsp3) is 0.647. The molecule has 1 aromatic rings. The van der Waals surface area contributed by atoms with Crippen molar-refractivity contribution in [1.29, 1.82) is 0 Å². The van der Waals surface area contributed by atoms with E-state index in [1.165, 1.54) is 43.2 Å². The van der Waals surface area contributed by atoms with Crippen LogP contribution in [0.2, 0.25) is 0 Å². The van der Waals surface area contributed by atoms with Crippen molar-refractivity contribution >= 4 is 0 Å². The highest BCUT2D eigenvalue weighted by atomic mass is 14.9. The number of rotatable bonds is 5. The lowest BCUT2D eigenvalue weighted by molar-refractivity contribution is 0.449. The van der Waals surface area contributed by atoms with Gasteiger partial charge in [0.05, 0.1) is 0 Å². The van der Waals surface area contributed by atoms with Crippen molar-refractivity contribution in [1.82, 2.24) is 5.32 Å². The predicted octanol–water partition coefficient (Wildman–Crippen LogP) is 4.48. The lowest BCUT2D eigenvalue weighted by Gasteiger charge is -2.20. The third-order valence-corrected chi connectivity index (χ3v) is 4.20. The maximum atomic E-state index is 3.78. The molecule has 0 amide bonds. The van der Waals surface area contributed by atoms with E-state index in [0.717, 1.165) is 12.0 Å². The molecule has 1 N–H and O–H groups in total. The van der Waals surface area contributed by atoms with Crippen LogP contribution < -0.4 is 5.32 Å². The van der Waals surface area contributed by atoms with Gasteiger partial charge in [-0.2, -0.15) is 0 Å². The van der Waals surface area contributed by atoms with Gasteiger partial charge in [-0.15, -0.1) is 0 Å². The summed E-state index contributed by atoms with van der Waals surface area (Å²) >= 11 is 0. The van der Waals surface area contributed by atoms with Gasteiger partial charge < -0.3 is 5.32 Å². The highest BCUT2D eigenvalue weighted by Gasteiger charge is 2.22. The Morgan fingerprint density at radius 3 is 2.50 bits per heavy atom. The summed E-state index contributed by atoms with van der Waals surface area (Å²) in [5.41, 5.74) is 2.89. The molecule has 1 aliphatic carbocycles. The van der Waals surface area contributed by atoms with E-state index in [1.54, 1.807) is 0 Å². The summed E-state index contributed by atoms with van der Waals surface area (Å²) in [7, 11) is 0. The molecular weight excluding hydrogens is 218 g/mol. The van der Waals surface area contributed by atoms with E-state index >= 15 is 0 Å². The standard InChI is InChI=1S/C17H27N/c1-4-5-15-7-9-16(10-8-15)14(3)18-17-11-6-13(2)12-17/h7-10,13-14,17-18H,4-6,11-12H2,1-3H3. The molecule has 1 saturated carbocycles. The summed E-state index contributed by atoms with van der Waals surface area (Å²) in [6.07, 6.45) is 6.51. The van der Waals surface area contributed by atoms with E-state index in [0.29, 0.717) is 6.04 Å². The van der Waals surface area contributed by atoms with Crippen molar-refractivity contribution in [2.75, 3.05) is 0 Å².